The Morgan fingerprint density at radius 3 is 2.55 bits per heavy atom. The van der Waals surface area contributed by atoms with Gasteiger partial charge in [-0.05, 0) is 29.8 Å². The van der Waals surface area contributed by atoms with E-state index in [1.54, 1.807) is 12.1 Å². The maximum atomic E-state index is 11.6. The Labute approximate surface area is 117 Å². The van der Waals surface area contributed by atoms with E-state index in [0.29, 0.717) is 12.1 Å². The van der Waals surface area contributed by atoms with Crippen LogP contribution in [0.3, 0.4) is 0 Å². The van der Waals surface area contributed by atoms with Crippen LogP contribution in [-0.4, -0.2) is 23.6 Å². The predicted molar refractivity (Wildman–Crippen MR) is 74.6 cm³/mol. The molecule has 104 valence electrons. The Kier molecular flexibility index (Phi) is 4.20. The van der Waals surface area contributed by atoms with E-state index < -0.39 is 0 Å². The number of hydrogen-bond donors (Lipinski definition) is 1. The molecular formula is C15H16N2O3. The lowest BCUT2D eigenvalue weighted by atomic mass is 10.1. The molecule has 1 heterocycles. The second-order valence-corrected chi connectivity index (χ2v) is 4.34. The van der Waals surface area contributed by atoms with E-state index in [1.807, 2.05) is 35.2 Å². The van der Waals surface area contributed by atoms with Crippen molar-refractivity contribution in [1.29, 1.82) is 0 Å². The summed E-state index contributed by atoms with van der Waals surface area (Å²) < 4.78 is 6.62. The van der Waals surface area contributed by atoms with Crippen molar-refractivity contribution in [3.63, 3.8) is 0 Å². The smallest absolute Gasteiger partial charge is 0.337 e. The number of hydrogen-bond acceptors (Lipinski definition) is 3. The van der Waals surface area contributed by atoms with Gasteiger partial charge in [-0.1, -0.05) is 6.07 Å². The van der Waals surface area contributed by atoms with Crippen LogP contribution in [0.4, 0.5) is 0 Å². The monoisotopic (exact) mass is 272 g/mol. The molecule has 0 aliphatic rings. The summed E-state index contributed by atoms with van der Waals surface area (Å²) in [6.45, 7) is 1.88. The van der Waals surface area contributed by atoms with Crippen LogP contribution >= 0.6 is 0 Å². The SMILES string of the molecule is COC(=O)c1ccc(CNC(C)=O)c(-n2cccc2)c1. The Balaban J connectivity index is 2.41. The van der Waals surface area contributed by atoms with Gasteiger partial charge < -0.3 is 14.6 Å². The highest BCUT2D eigenvalue weighted by Gasteiger charge is 2.11. The van der Waals surface area contributed by atoms with Gasteiger partial charge in [0.25, 0.3) is 0 Å². The van der Waals surface area contributed by atoms with Crippen LogP contribution in [0, 0.1) is 0 Å². The number of amides is 1. The second-order valence-electron chi connectivity index (χ2n) is 4.34. The molecule has 1 amide bonds. The van der Waals surface area contributed by atoms with E-state index >= 15 is 0 Å². The van der Waals surface area contributed by atoms with Gasteiger partial charge in [-0.2, -0.15) is 0 Å². The van der Waals surface area contributed by atoms with E-state index in [2.05, 4.69) is 5.32 Å². The van der Waals surface area contributed by atoms with Gasteiger partial charge in [-0.3, -0.25) is 4.79 Å². The average Bonchev–Trinajstić information content (AvgIpc) is 2.98. The number of carbonyl (C=O) groups is 2. The van der Waals surface area contributed by atoms with Crippen molar-refractivity contribution in [3.05, 3.63) is 53.9 Å². The molecule has 20 heavy (non-hydrogen) atoms. The number of esters is 1. The number of benzene rings is 1. The summed E-state index contributed by atoms with van der Waals surface area (Å²) >= 11 is 0. The van der Waals surface area contributed by atoms with Crippen LogP contribution in [-0.2, 0) is 16.1 Å². The van der Waals surface area contributed by atoms with Crippen molar-refractivity contribution in [2.24, 2.45) is 0 Å². The van der Waals surface area contributed by atoms with Crippen molar-refractivity contribution < 1.29 is 14.3 Å². The molecule has 5 heteroatoms. The number of ether oxygens (including phenoxy) is 1. The Hall–Kier alpha value is -2.56. The number of rotatable bonds is 4. The lowest BCUT2D eigenvalue weighted by molar-refractivity contribution is -0.119. The standard InChI is InChI=1S/C15H16N2O3/c1-11(18)16-10-13-6-5-12(15(19)20-2)9-14(13)17-7-3-4-8-17/h3-9H,10H2,1-2H3,(H,16,18). The summed E-state index contributed by atoms with van der Waals surface area (Å²) in [6, 6.07) is 9.05. The fourth-order valence-corrected chi connectivity index (χ4v) is 1.91. The lowest BCUT2D eigenvalue weighted by Crippen LogP contribution is -2.20. The Morgan fingerprint density at radius 2 is 1.95 bits per heavy atom. The lowest BCUT2D eigenvalue weighted by Gasteiger charge is -2.12. The number of methoxy groups -OCH3 is 1. The van der Waals surface area contributed by atoms with Crippen molar-refractivity contribution in [2.75, 3.05) is 7.11 Å². The third kappa shape index (κ3) is 3.06. The zero-order valence-corrected chi connectivity index (χ0v) is 11.4. The fraction of sp³-hybridized carbons (Fsp3) is 0.200. The maximum absolute atomic E-state index is 11.6. The molecule has 1 aromatic carbocycles. The quantitative estimate of drug-likeness (QED) is 0.865. The molecule has 0 spiro atoms. The highest BCUT2D eigenvalue weighted by Crippen LogP contribution is 2.18. The van der Waals surface area contributed by atoms with E-state index in [4.69, 9.17) is 4.74 Å². The van der Waals surface area contributed by atoms with Crippen LogP contribution in [0.25, 0.3) is 5.69 Å². The van der Waals surface area contributed by atoms with Gasteiger partial charge in [0, 0.05) is 25.9 Å². The summed E-state index contributed by atoms with van der Waals surface area (Å²) in [7, 11) is 1.35. The molecule has 5 nitrogen and oxygen atoms in total. The first-order valence-corrected chi connectivity index (χ1v) is 6.21. The molecule has 1 aromatic heterocycles. The normalized spacial score (nSPS) is 10.1. The molecule has 0 saturated heterocycles. The minimum Gasteiger partial charge on any atom is -0.465 e. The average molecular weight is 272 g/mol. The second kappa shape index (κ2) is 6.06. The molecule has 0 bridgehead atoms. The number of aromatic nitrogens is 1. The van der Waals surface area contributed by atoms with Crippen LogP contribution in [0.2, 0.25) is 0 Å². The van der Waals surface area contributed by atoms with Crippen LogP contribution in [0.1, 0.15) is 22.8 Å². The maximum Gasteiger partial charge on any atom is 0.337 e. The van der Waals surface area contributed by atoms with Gasteiger partial charge in [0.05, 0.1) is 18.4 Å². The van der Waals surface area contributed by atoms with Crippen LogP contribution in [0.15, 0.2) is 42.7 Å². The molecule has 0 unspecified atom stereocenters. The summed E-state index contributed by atoms with van der Waals surface area (Å²) in [5, 5.41) is 2.76. The Morgan fingerprint density at radius 1 is 1.25 bits per heavy atom. The molecule has 0 saturated carbocycles. The first kappa shape index (κ1) is 13.9. The topological polar surface area (TPSA) is 60.3 Å². The number of carbonyl (C=O) groups excluding carboxylic acids is 2. The van der Waals surface area contributed by atoms with Gasteiger partial charge in [-0.15, -0.1) is 0 Å². The highest BCUT2D eigenvalue weighted by atomic mass is 16.5. The molecule has 0 aliphatic carbocycles. The van der Waals surface area contributed by atoms with E-state index in [-0.39, 0.29) is 11.9 Å². The molecule has 0 fully saturated rings. The summed E-state index contributed by atoms with van der Waals surface area (Å²) in [4.78, 5) is 22.7. The minimum absolute atomic E-state index is 0.0968. The molecule has 0 aliphatic heterocycles. The number of nitrogens with one attached hydrogen (secondary N) is 1. The van der Waals surface area contributed by atoms with Crippen LogP contribution < -0.4 is 5.32 Å². The third-order valence-corrected chi connectivity index (χ3v) is 2.92. The van der Waals surface area contributed by atoms with Crippen molar-refractivity contribution in [1.82, 2.24) is 9.88 Å². The molecule has 2 aromatic rings. The molecule has 0 radical (unpaired) electrons. The molecule has 1 N–H and O–H groups in total. The highest BCUT2D eigenvalue weighted by molar-refractivity contribution is 5.90. The van der Waals surface area contributed by atoms with Crippen molar-refractivity contribution in [3.8, 4) is 5.69 Å². The van der Waals surface area contributed by atoms with Gasteiger partial charge in [0.15, 0.2) is 0 Å². The largest absolute Gasteiger partial charge is 0.465 e. The van der Waals surface area contributed by atoms with Gasteiger partial charge in [0.1, 0.15) is 0 Å². The summed E-state index contributed by atoms with van der Waals surface area (Å²) in [5.41, 5.74) is 2.23. The summed E-state index contributed by atoms with van der Waals surface area (Å²) in [5.74, 6) is -0.481. The van der Waals surface area contributed by atoms with Gasteiger partial charge >= 0.3 is 5.97 Å². The first-order valence-electron chi connectivity index (χ1n) is 6.21. The van der Waals surface area contributed by atoms with Crippen molar-refractivity contribution >= 4 is 11.9 Å². The molecular weight excluding hydrogens is 256 g/mol. The molecule has 2 rings (SSSR count). The molecule has 0 atom stereocenters. The fourth-order valence-electron chi connectivity index (χ4n) is 1.91. The number of nitrogens with zero attached hydrogens (tertiary/aromatic N) is 1. The Bertz CT molecular complexity index is 618. The van der Waals surface area contributed by atoms with Crippen LogP contribution in [0.5, 0.6) is 0 Å². The van der Waals surface area contributed by atoms with Gasteiger partial charge in [-0.25, -0.2) is 4.79 Å². The van der Waals surface area contributed by atoms with E-state index in [1.165, 1.54) is 14.0 Å². The van der Waals surface area contributed by atoms with E-state index in [9.17, 15) is 9.59 Å². The third-order valence-electron chi connectivity index (χ3n) is 2.92. The predicted octanol–water partition coefficient (Wildman–Crippen LogP) is 1.90. The summed E-state index contributed by atoms with van der Waals surface area (Å²) in [6.07, 6.45) is 3.77. The van der Waals surface area contributed by atoms with Gasteiger partial charge in [0.2, 0.25) is 5.91 Å². The van der Waals surface area contributed by atoms with Crippen molar-refractivity contribution in [2.45, 2.75) is 13.5 Å². The zero-order chi connectivity index (χ0) is 14.5. The first-order chi connectivity index (χ1) is 9.61. The zero-order valence-electron chi connectivity index (χ0n) is 11.4. The minimum atomic E-state index is -0.385. The van der Waals surface area contributed by atoms with E-state index in [0.717, 1.165) is 11.3 Å².